The Morgan fingerprint density at radius 1 is 1.50 bits per heavy atom. The van der Waals surface area contributed by atoms with E-state index in [1.165, 1.54) is 12.1 Å². The Kier molecular flexibility index (Phi) is 3.67. The van der Waals surface area contributed by atoms with E-state index >= 15 is 0 Å². The molecule has 2 atom stereocenters. The maximum Gasteiger partial charge on any atom is 0.129 e. The maximum absolute atomic E-state index is 13.2. The highest BCUT2D eigenvalue weighted by Crippen LogP contribution is 2.26. The van der Waals surface area contributed by atoms with E-state index in [4.69, 9.17) is 0 Å². The maximum atomic E-state index is 13.2. The van der Waals surface area contributed by atoms with Crippen LogP contribution in [0.2, 0.25) is 0 Å². The normalized spacial score (nSPS) is 20.4. The van der Waals surface area contributed by atoms with E-state index in [2.05, 4.69) is 5.32 Å². The van der Waals surface area contributed by atoms with Crippen LogP contribution in [-0.4, -0.2) is 23.2 Å². The van der Waals surface area contributed by atoms with Gasteiger partial charge in [-0.05, 0) is 30.2 Å². The van der Waals surface area contributed by atoms with Gasteiger partial charge in [0.2, 0.25) is 0 Å². The highest BCUT2D eigenvalue weighted by Gasteiger charge is 2.26. The first-order valence-corrected chi connectivity index (χ1v) is 5.88. The fourth-order valence-corrected chi connectivity index (χ4v) is 2.09. The first kappa shape index (κ1) is 12.6. The second kappa shape index (κ2) is 5.23. The Morgan fingerprint density at radius 2 is 2.28 bits per heavy atom. The number of allylic oxidation sites excluding steroid dienone is 1. The van der Waals surface area contributed by atoms with Crippen LogP contribution in [0.1, 0.15) is 24.2 Å². The molecule has 1 aromatic rings. The SMILES string of the molecule is C/C=C\c1cc(F)ccc1C(O)C1NC=CN1C. The highest BCUT2D eigenvalue weighted by atomic mass is 19.1. The van der Waals surface area contributed by atoms with Crippen LogP contribution in [0.3, 0.4) is 0 Å². The van der Waals surface area contributed by atoms with Gasteiger partial charge in [-0.3, -0.25) is 0 Å². The molecule has 1 aromatic carbocycles. The van der Waals surface area contributed by atoms with Crippen molar-refractivity contribution in [3.63, 3.8) is 0 Å². The number of hydrogen-bond donors (Lipinski definition) is 2. The second-order valence-corrected chi connectivity index (χ2v) is 4.31. The topological polar surface area (TPSA) is 35.5 Å². The molecule has 0 saturated heterocycles. The molecule has 2 unspecified atom stereocenters. The van der Waals surface area contributed by atoms with E-state index < -0.39 is 6.10 Å². The van der Waals surface area contributed by atoms with Crippen LogP contribution in [-0.2, 0) is 0 Å². The smallest absolute Gasteiger partial charge is 0.129 e. The molecule has 0 radical (unpaired) electrons. The van der Waals surface area contributed by atoms with E-state index in [-0.39, 0.29) is 12.0 Å². The molecule has 0 bridgehead atoms. The summed E-state index contributed by atoms with van der Waals surface area (Å²) in [5, 5.41) is 13.5. The van der Waals surface area contributed by atoms with Crippen molar-refractivity contribution in [3.8, 4) is 0 Å². The molecule has 1 aliphatic heterocycles. The van der Waals surface area contributed by atoms with Crippen molar-refractivity contribution in [3.05, 3.63) is 53.6 Å². The summed E-state index contributed by atoms with van der Waals surface area (Å²) in [6.45, 7) is 1.86. The van der Waals surface area contributed by atoms with Gasteiger partial charge >= 0.3 is 0 Å². The molecular formula is C14H17FN2O. The van der Waals surface area contributed by atoms with Gasteiger partial charge in [0.05, 0.1) is 0 Å². The third-order valence-electron chi connectivity index (χ3n) is 3.03. The fraction of sp³-hybridized carbons (Fsp3) is 0.286. The van der Waals surface area contributed by atoms with Gasteiger partial charge in [0.25, 0.3) is 0 Å². The molecule has 4 heteroatoms. The number of nitrogens with one attached hydrogen (secondary N) is 1. The molecule has 0 saturated carbocycles. The number of benzene rings is 1. The minimum Gasteiger partial charge on any atom is -0.384 e. The average molecular weight is 248 g/mol. The van der Waals surface area contributed by atoms with E-state index in [1.807, 2.05) is 31.1 Å². The van der Waals surface area contributed by atoms with E-state index in [0.717, 1.165) is 0 Å². The van der Waals surface area contributed by atoms with Gasteiger partial charge in [0.1, 0.15) is 18.1 Å². The minimum absolute atomic E-state index is 0.223. The van der Waals surface area contributed by atoms with Crippen LogP contribution in [0.15, 0.2) is 36.7 Å². The quantitative estimate of drug-likeness (QED) is 0.861. The Labute approximate surface area is 106 Å². The van der Waals surface area contributed by atoms with Crippen LogP contribution in [0.5, 0.6) is 0 Å². The van der Waals surface area contributed by atoms with Gasteiger partial charge in [-0.1, -0.05) is 18.2 Å². The largest absolute Gasteiger partial charge is 0.384 e. The van der Waals surface area contributed by atoms with Crippen molar-refractivity contribution < 1.29 is 9.50 Å². The van der Waals surface area contributed by atoms with Crippen molar-refractivity contribution in [2.24, 2.45) is 0 Å². The molecule has 0 spiro atoms. The number of rotatable bonds is 3. The van der Waals surface area contributed by atoms with Crippen molar-refractivity contribution >= 4 is 6.08 Å². The van der Waals surface area contributed by atoms with Gasteiger partial charge in [-0.15, -0.1) is 0 Å². The van der Waals surface area contributed by atoms with Crippen LogP contribution >= 0.6 is 0 Å². The van der Waals surface area contributed by atoms with E-state index in [9.17, 15) is 9.50 Å². The highest BCUT2D eigenvalue weighted by molar-refractivity contribution is 5.54. The summed E-state index contributed by atoms with van der Waals surface area (Å²) in [6.07, 6.45) is 6.31. The van der Waals surface area contributed by atoms with E-state index in [0.29, 0.717) is 11.1 Å². The average Bonchev–Trinajstić information content (AvgIpc) is 2.75. The Hall–Kier alpha value is -1.81. The van der Waals surface area contributed by atoms with Gasteiger partial charge in [-0.2, -0.15) is 0 Å². The molecule has 2 rings (SSSR count). The predicted molar refractivity (Wildman–Crippen MR) is 69.9 cm³/mol. The number of aliphatic hydroxyl groups excluding tert-OH is 1. The van der Waals surface area contributed by atoms with Crippen LogP contribution in [0.25, 0.3) is 6.08 Å². The predicted octanol–water partition coefficient (Wildman–Crippen LogP) is 2.22. The van der Waals surface area contributed by atoms with Gasteiger partial charge in [0, 0.05) is 19.4 Å². The molecule has 3 nitrogen and oxygen atoms in total. The number of nitrogens with zero attached hydrogens (tertiary/aromatic N) is 1. The minimum atomic E-state index is -0.725. The summed E-state index contributed by atoms with van der Waals surface area (Å²) in [6, 6.07) is 4.43. The summed E-state index contributed by atoms with van der Waals surface area (Å²) in [7, 11) is 1.88. The molecule has 0 aliphatic carbocycles. The fourth-order valence-electron chi connectivity index (χ4n) is 2.09. The third kappa shape index (κ3) is 2.38. The van der Waals surface area contributed by atoms with Gasteiger partial charge in [0.15, 0.2) is 0 Å². The summed E-state index contributed by atoms with van der Waals surface area (Å²) < 4.78 is 13.2. The lowest BCUT2D eigenvalue weighted by molar-refractivity contribution is 0.0827. The Bertz CT molecular complexity index is 485. The summed E-state index contributed by atoms with van der Waals surface area (Å²) in [5.74, 6) is -0.301. The monoisotopic (exact) mass is 248 g/mol. The molecule has 0 aromatic heterocycles. The zero-order valence-corrected chi connectivity index (χ0v) is 10.5. The lowest BCUT2D eigenvalue weighted by Crippen LogP contribution is -2.38. The van der Waals surface area contributed by atoms with Crippen molar-refractivity contribution in [2.45, 2.75) is 19.2 Å². The number of halogens is 1. The standard InChI is InChI=1S/C14H17FN2O/c1-3-4-10-9-11(15)5-6-12(10)13(18)14-16-7-8-17(14)2/h3-9,13-14,16,18H,1-2H3/b4-3-. The van der Waals surface area contributed by atoms with Crippen LogP contribution in [0.4, 0.5) is 4.39 Å². The third-order valence-corrected chi connectivity index (χ3v) is 3.03. The van der Waals surface area contributed by atoms with Crippen molar-refractivity contribution in [1.29, 1.82) is 0 Å². The van der Waals surface area contributed by atoms with Crippen molar-refractivity contribution in [1.82, 2.24) is 10.2 Å². The summed E-state index contributed by atoms with van der Waals surface area (Å²) >= 11 is 0. The van der Waals surface area contributed by atoms with E-state index in [1.54, 1.807) is 18.3 Å². The number of hydrogen-bond acceptors (Lipinski definition) is 3. The zero-order chi connectivity index (χ0) is 13.1. The summed E-state index contributed by atoms with van der Waals surface area (Å²) in [4.78, 5) is 1.88. The Balaban J connectivity index is 2.32. The lowest BCUT2D eigenvalue weighted by Gasteiger charge is -2.27. The second-order valence-electron chi connectivity index (χ2n) is 4.31. The molecule has 1 aliphatic rings. The molecule has 2 N–H and O–H groups in total. The first-order chi connectivity index (χ1) is 8.63. The van der Waals surface area contributed by atoms with Gasteiger partial charge < -0.3 is 15.3 Å². The van der Waals surface area contributed by atoms with Gasteiger partial charge in [-0.25, -0.2) is 4.39 Å². The van der Waals surface area contributed by atoms with Crippen molar-refractivity contribution in [2.75, 3.05) is 7.05 Å². The first-order valence-electron chi connectivity index (χ1n) is 5.88. The summed E-state index contributed by atoms with van der Waals surface area (Å²) in [5.41, 5.74) is 1.41. The number of likely N-dealkylation sites (N-methyl/N-ethyl adjacent to an activating group) is 1. The molecule has 0 fully saturated rings. The zero-order valence-electron chi connectivity index (χ0n) is 10.5. The lowest BCUT2D eigenvalue weighted by atomic mass is 9.99. The van der Waals surface area contributed by atoms with Crippen LogP contribution in [0, 0.1) is 5.82 Å². The molecule has 1 heterocycles. The molecule has 0 amide bonds. The molecule has 96 valence electrons. The molecular weight excluding hydrogens is 231 g/mol. The Morgan fingerprint density at radius 3 is 2.89 bits per heavy atom. The number of aliphatic hydroxyl groups is 1. The van der Waals surface area contributed by atoms with Crippen LogP contribution < -0.4 is 5.32 Å². The molecule has 18 heavy (non-hydrogen) atoms.